The van der Waals surface area contributed by atoms with Crippen molar-refractivity contribution >= 4 is 35.0 Å². The second-order valence-electron chi connectivity index (χ2n) is 7.22. The number of nitrogens with two attached hydrogens (primary N) is 1. The van der Waals surface area contributed by atoms with Crippen LogP contribution in [-0.2, 0) is 4.79 Å². The fourth-order valence-corrected chi connectivity index (χ4v) is 4.12. The normalized spacial score (nSPS) is 21.7. The zero-order valence-corrected chi connectivity index (χ0v) is 16.3. The minimum absolute atomic E-state index is 0.0945. The number of carbonyl (C=O) groups is 2. The second-order valence-corrected chi connectivity index (χ2v) is 8.04. The van der Waals surface area contributed by atoms with Crippen LogP contribution in [0.4, 0.5) is 0 Å². The number of carbonyl (C=O) groups excluding carboxylic acids is 2. The molecule has 0 spiro atoms. The average Bonchev–Trinajstić information content (AvgIpc) is 2.69. The average molecular weight is 398 g/mol. The quantitative estimate of drug-likeness (QED) is 0.851. The maximum atomic E-state index is 12.9. The van der Waals surface area contributed by atoms with Crippen LogP contribution in [0.1, 0.15) is 36.0 Å². The van der Waals surface area contributed by atoms with Gasteiger partial charge < -0.3 is 15.5 Å². The number of hydrogen-bond donors (Lipinski definition) is 1. The van der Waals surface area contributed by atoms with Gasteiger partial charge in [-0.3, -0.25) is 9.59 Å². The summed E-state index contributed by atoms with van der Waals surface area (Å²) in [7, 11) is 0. The molecule has 2 saturated heterocycles. The lowest BCUT2D eigenvalue weighted by Gasteiger charge is -2.37. The van der Waals surface area contributed by atoms with Crippen LogP contribution in [0.5, 0.6) is 0 Å². The summed E-state index contributed by atoms with van der Waals surface area (Å²) in [6.07, 6.45) is 3.62. The number of halogens is 2. The number of benzene rings is 1. The van der Waals surface area contributed by atoms with E-state index in [4.69, 9.17) is 28.9 Å². The zero-order chi connectivity index (χ0) is 18.7. The number of piperidine rings is 2. The number of rotatable bonds is 3. The van der Waals surface area contributed by atoms with Crippen LogP contribution in [0, 0.1) is 11.8 Å². The topological polar surface area (TPSA) is 66.6 Å². The van der Waals surface area contributed by atoms with Gasteiger partial charge in [0.25, 0.3) is 5.91 Å². The summed E-state index contributed by atoms with van der Waals surface area (Å²) in [6, 6.07) is 4.90. The summed E-state index contributed by atoms with van der Waals surface area (Å²) < 4.78 is 0. The summed E-state index contributed by atoms with van der Waals surface area (Å²) in [5.41, 5.74) is 6.24. The van der Waals surface area contributed by atoms with E-state index in [1.54, 1.807) is 23.1 Å². The molecule has 2 aliphatic rings. The molecular weight excluding hydrogens is 373 g/mol. The highest BCUT2D eigenvalue weighted by Gasteiger charge is 2.33. The van der Waals surface area contributed by atoms with E-state index < -0.39 is 0 Å². The maximum Gasteiger partial charge on any atom is 0.253 e. The minimum atomic E-state index is -0.120. The molecule has 0 saturated carbocycles. The second kappa shape index (κ2) is 8.59. The molecular formula is C19H25Cl2N3O2. The molecule has 2 N–H and O–H groups in total. The molecule has 1 aromatic carbocycles. The van der Waals surface area contributed by atoms with Crippen LogP contribution < -0.4 is 5.73 Å². The first kappa shape index (κ1) is 19.5. The number of amides is 2. The Morgan fingerprint density at radius 2 is 1.77 bits per heavy atom. The molecule has 2 amide bonds. The van der Waals surface area contributed by atoms with Gasteiger partial charge in [0.2, 0.25) is 5.91 Å². The van der Waals surface area contributed by atoms with Crippen LogP contribution in [0.15, 0.2) is 18.2 Å². The van der Waals surface area contributed by atoms with E-state index in [0.717, 1.165) is 38.8 Å². The highest BCUT2D eigenvalue weighted by atomic mass is 35.5. The van der Waals surface area contributed by atoms with Gasteiger partial charge in [0.05, 0.1) is 16.0 Å². The van der Waals surface area contributed by atoms with Crippen molar-refractivity contribution in [3.8, 4) is 0 Å². The van der Waals surface area contributed by atoms with E-state index in [1.165, 1.54) is 0 Å². The van der Waals surface area contributed by atoms with Crippen LogP contribution >= 0.6 is 23.2 Å². The Morgan fingerprint density at radius 3 is 2.42 bits per heavy atom. The Bertz CT molecular complexity index is 675. The highest BCUT2D eigenvalue weighted by Crippen LogP contribution is 2.26. The predicted molar refractivity (Wildman–Crippen MR) is 103 cm³/mol. The Labute approximate surface area is 164 Å². The molecule has 1 unspecified atom stereocenters. The molecule has 5 nitrogen and oxygen atoms in total. The Morgan fingerprint density at radius 1 is 1.04 bits per heavy atom. The van der Waals surface area contributed by atoms with Gasteiger partial charge in [0, 0.05) is 31.7 Å². The standard InChI is InChI=1S/C19H25Cl2N3O2/c20-16-4-3-14(10-17(16)21)18(25)24-7-1-2-15(12-24)19(26)23-8-5-13(11-22)6-9-23/h3-4,10,13,15H,1-2,5-9,11-12,22H2. The first-order chi connectivity index (χ1) is 12.5. The van der Waals surface area contributed by atoms with E-state index in [2.05, 4.69) is 0 Å². The number of likely N-dealkylation sites (tertiary alicyclic amines) is 2. The van der Waals surface area contributed by atoms with Gasteiger partial charge in [-0.2, -0.15) is 0 Å². The van der Waals surface area contributed by atoms with Crippen LogP contribution in [0.3, 0.4) is 0 Å². The van der Waals surface area contributed by atoms with Gasteiger partial charge in [0.15, 0.2) is 0 Å². The molecule has 0 bridgehead atoms. The molecule has 142 valence electrons. The van der Waals surface area contributed by atoms with E-state index in [0.29, 0.717) is 41.2 Å². The van der Waals surface area contributed by atoms with Crippen LogP contribution in [0.2, 0.25) is 10.0 Å². The molecule has 0 radical (unpaired) electrons. The van der Waals surface area contributed by atoms with Crippen molar-refractivity contribution in [1.29, 1.82) is 0 Å². The molecule has 2 fully saturated rings. The monoisotopic (exact) mass is 397 g/mol. The summed E-state index contributed by atoms with van der Waals surface area (Å²) in [5, 5.41) is 0.792. The van der Waals surface area contributed by atoms with Crippen molar-refractivity contribution < 1.29 is 9.59 Å². The van der Waals surface area contributed by atoms with E-state index in [-0.39, 0.29) is 17.7 Å². The zero-order valence-electron chi connectivity index (χ0n) is 14.8. The fraction of sp³-hybridized carbons (Fsp3) is 0.579. The minimum Gasteiger partial charge on any atom is -0.342 e. The van der Waals surface area contributed by atoms with Crippen molar-refractivity contribution in [3.63, 3.8) is 0 Å². The van der Waals surface area contributed by atoms with Crippen molar-refractivity contribution in [2.45, 2.75) is 25.7 Å². The van der Waals surface area contributed by atoms with Crippen molar-refractivity contribution in [1.82, 2.24) is 9.80 Å². The van der Waals surface area contributed by atoms with E-state index in [1.807, 2.05) is 4.90 Å². The lowest BCUT2D eigenvalue weighted by molar-refractivity contribution is -0.138. The largest absolute Gasteiger partial charge is 0.342 e. The predicted octanol–water partition coefficient (Wildman–Crippen LogP) is 3.04. The van der Waals surface area contributed by atoms with Gasteiger partial charge in [-0.25, -0.2) is 0 Å². The van der Waals surface area contributed by atoms with Gasteiger partial charge in [-0.05, 0) is 56.3 Å². The number of nitrogens with zero attached hydrogens (tertiary/aromatic N) is 2. The lowest BCUT2D eigenvalue weighted by atomic mass is 9.92. The van der Waals surface area contributed by atoms with Gasteiger partial charge in [-0.1, -0.05) is 23.2 Å². The fourth-order valence-electron chi connectivity index (χ4n) is 3.82. The number of hydrogen-bond acceptors (Lipinski definition) is 3. The van der Waals surface area contributed by atoms with E-state index >= 15 is 0 Å². The van der Waals surface area contributed by atoms with Gasteiger partial charge in [0.1, 0.15) is 0 Å². The first-order valence-electron chi connectivity index (χ1n) is 9.22. The molecule has 0 aromatic heterocycles. The molecule has 1 atom stereocenters. The third-order valence-corrected chi connectivity index (χ3v) is 6.22. The molecule has 26 heavy (non-hydrogen) atoms. The summed E-state index contributed by atoms with van der Waals surface area (Å²) in [4.78, 5) is 29.4. The molecule has 0 aliphatic carbocycles. The Hall–Kier alpha value is -1.30. The third-order valence-electron chi connectivity index (χ3n) is 5.48. The van der Waals surface area contributed by atoms with Crippen molar-refractivity contribution in [2.75, 3.05) is 32.7 Å². The maximum absolute atomic E-state index is 12.9. The molecule has 2 aliphatic heterocycles. The Balaban J connectivity index is 1.62. The van der Waals surface area contributed by atoms with Crippen molar-refractivity contribution in [3.05, 3.63) is 33.8 Å². The van der Waals surface area contributed by atoms with Crippen LogP contribution in [-0.4, -0.2) is 54.3 Å². The lowest BCUT2D eigenvalue weighted by Crippen LogP contribution is -2.49. The SMILES string of the molecule is NCC1CCN(C(=O)C2CCCN(C(=O)c3ccc(Cl)c(Cl)c3)C2)CC1. The molecule has 2 heterocycles. The summed E-state index contributed by atoms with van der Waals surface area (Å²) in [6.45, 7) is 3.38. The molecule has 3 rings (SSSR count). The Kier molecular flexibility index (Phi) is 6.43. The van der Waals surface area contributed by atoms with Gasteiger partial charge >= 0.3 is 0 Å². The molecule has 1 aromatic rings. The van der Waals surface area contributed by atoms with Crippen molar-refractivity contribution in [2.24, 2.45) is 17.6 Å². The van der Waals surface area contributed by atoms with Gasteiger partial charge in [-0.15, -0.1) is 0 Å². The third kappa shape index (κ3) is 4.33. The molecule has 7 heteroatoms. The summed E-state index contributed by atoms with van der Waals surface area (Å²) in [5.74, 6) is 0.484. The highest BCUT2D eigenvalue weighted by molar-refractivity contribution is 6.42. The summed E-state index contributed by atoms with van der Waals surface area (Å²) >= 11 is 12.0. The first-order valence-corrected chi connectivity index (χ1v) is 9.98. The van der Waals surface area contributed by atoms with E-state index in [9.17, 15) is 9.59 Å². The smallest absolute Gasteiger partial charge is 0.253 e. The van der Waals surface area contributed by atoms with Crippen LogP contribution in [0.25, 0.3) is 0 Å².